The topological polar surface area (TPSA) is 122 Å². The zero-order valence-corrected chi connectivity index (χ0v) is 12.1. The first kappa shape index (κ1) is 13.8. The van der Waals surface area contributed by atoms with Gasteiger partial charge >= 0.3 is 0 Å². The van der Waals surface area contributed by atoms with Crippen molar-refractivity contribution in [2.24, 2.45) is 0 Å². The van der Waals surface area contributed by atoms with Crippen LogP contribution in [0.15, 0.2) is 24.5 Å². The fraction of sp³-hybridized carbons (Fsp3) is 0.143. The summed E-state index contributed by atoms with van der Waals surface area (Å²) < 4.78 is 10.7. The van der Waals surface area contributed by atoms with Crippen LogP contribution in [0.2, 0.25) is 0 Å². The maximum atomic E-state index is 5.63. The average molecular weight is 298 g/mol. The highest BCUT2D eigenvalue weighted by Crippen LogP contribution is 2.34. The molecule has 0 atom stereocenters. The Bertz CT molecular complexity index is 852. The molecule has 8 heteroatoms. The van der Waals surface area contributed by atoms with Gasteiger partial charge < -0.3 is 20.9 Å². The van der Waals surface area contributed by atoms with Crippen LogP contribution >= 0.6 is 0 Å². The van der Waals surface area contributed by atoms with E-state index in [0.29, 0.717) is 22.7 Å². The number of methoxy groups -OCH3 is 2. The molecule has 4 N–H and O–H groups in total. The second-order valence-corrected chi connectivity index (χ2v) is 4.50. The first-order chi connectivity index (χ1) is 10.6. The largest absolute Gasteiger partial charge is 0.494 e. The van der Waals surface area contributed by atoms with Crippen LogP contribution in [0.3, 0.4) is 0 Å². The molecule has 0 amide bonds. The third kappa shape index (κ3) is 2.30. The first-order valence-electron chi connectivity index (χ1n) is 6.39. The van der Waals surface area contributed by atoms with Crippen LogP contribution in [0.5, 0.6) is 11.6 Å². The van der Waals surface area contributed by atoms with Gasteiger partial charge in [-0.1, -0.05) is 0 Å². The van der Waals surface area contributed by atoms with Crippen molar-refractivity contribution in [3.8, 4) is 22.8 Å². The van der Waals surface area contributed by atoms with Crippen molar-refractivity contribution >= 4 is 22.8 Å². The summed E-state index contributed by atoms with van der Waals surface area (Å²) in [4.78, 5) is 16.3. The van der Waals surface area contributed by atoms with E-state index in [9.17, 15) is 0 Å². The van der Waals surface area contributed by atoms with E-state index < -0.39 is 0 Å². The number of ether oxygens (including phenoxy) is 2. The van der Waals surface area contributed by atoms with Gasteiger partial charge in [0.2, 0.25) is 17.8 Å². The lowest BCUT2D eigenvalue weighted by Gasteiger charge is -2.11. The predicted octanol–water partition coefficient (Wildman–Crippen LogP) is 1.27. The van der Waals surface area contributed by atoms with E-state index in [4.69, 9.17) is 20.9 Å². The van der Waals surface area contributed by atoms with E-state index >= 15 is 0 Å². The van der Waals surface area contributed by atoms with Gasteiger partial charge in [-0.05, 0) is 17.7 Å². The highest BCUT2D eigenvalue weighted by molar-refractivity contribution is 5.90. The van der Waals surface area contributed by atoms with Gasteiger partial charge in [0.05, 0.1) is 19.8 Å². The predicted molar refractivity (Wildman–Crippen MR) is 82.5 cm³/mol. The monoisotopic (exact) mass is 298 g/mol. The van der Waals surface area contributed by atoms with Crippen molar-refractivity contribution in [3.63, 3.8) is 0 Å². The molecule has 0 saturated carbocycles. The molecule has 1 aromatic carbocycles. The fourth-order valence-electron chi connectivity index (χ4n) is 2.17. The number of hydrogen-bond donors (Lipinski definition) is 2. The van der Waals surface area contributed by atoms with Crippen LogP contribution in [0.25, 0.3) is 22.0 Å². The Kier molecular flexibility index (Phi) is 3.34. The van der Waals surface area contributed by atoms with Crippen LogP contribution < -0.4 is 20.9 Å². The SMILES string of the molecule is COc1nc(N)ncc1-c1cc(OC)c2nc(N)ncc2c1. The quantitative estimate of drug-likeness (QED) is 0.741. The summed E-state index contributed by atoms with van der Waals surface area (Å²) in [5.41, 5.74) is 13.3. The summed E-state index contributed by atoms with van der Waals surface area (Å²) in [5, 5.41) is 0.780. The molecule has 3 rings (SSSR count). The number of anilines is 2. The molecule has 0 radical (unpaired) electrons. The van der Waals surface area contributed by atoms with E-state index in [-0.39, 0.29) is 11.9 Å². The second kappa shape index (κ2) is 5.32. The molecular weight excluding hydrogens is 284 g/mol. The van der Waals surface area contributed by atoms with Crippen molar-refractivity contribution in [1.29, 1.82) is 0 Å². The van der Waals surface area contributed by atoms with E-state index in [2.05, 4.69) is 19.9 Å². The average Bonchev–Trinajstić information content (AvgIpc) is 2.53. The Morgan fingerprint density at radius 2 is 1.64 bits per heavy atom. The van der Waals surface area contributed by atoms with Gasteiger partial charge in [0.15, 0.2) is 0 Å². The molecule has 0 saturated heterocycles. The van der Waals surface area contributed by atoms with Gasteiger partial charge in [0.1, 0.15) is 11.3 Å². The lowest BCUT2D eigenvalue weighted by Crippen LogP contribution is -2.00. The standard InChI is InChI=1S/C14H14N6O2/c1-21-10-4-7(3-8-5-17-13(15)19-11(8)10)9-6-18-14(16)20-12(9)22-2/h3-6H,1-2H3,(H2,15,17,19)(H2,16,18,20). The number of benzene rings is 1. The summed E-state index contributed by atoms with van der Waals surface area (Å²) in [7, 11) is 3.08. The lowest BCUT2D eigenvalue weighted by molar-refractivity contribution is 0.399. The summed E-state index contributed by atoms with van der Waals surface area (Å²) in [5.74, 6) is 1.28. The van der Waals surface area contributed by atoms with Crippen LogP contribution in [0.1, 0.15) is 0 Å². The second-order valence-electron chi connectivity index (χ2n) is 4.50. The van der Waals surface area contributed by atoms with Crippen LogP contribution in [0.4, 0.5) is 11.9 Å². The molecule has 8 nitrogen and oxygen atoms in total. The normalized spacial score (nSPS) is 10.6. The van der Waals surface area contributed by atoms with Crippen LogP contribution in [0, 0.1) is 0 Å². The van der Waals surface area contributed by atoms with Gasteiger partial charge in [0.25, 0.3) is 0 Å². The van der Waals surface area contributed by atoms with Crippen molar-refractivity contribution in [3.05, 3.63) is 24.5 Å². The summed E-state index contributed by atoms with van der Waals surface area (Å²) in [6.07, 6.45) is 3.23. The highest BCUT2D eigenvalue weighted by Gasteiger charge is 2.13. The van der Waals surface area contributed by atoms with Gasteiger partial charge in [-0.25, -0.2) is 15.0 Å². The Morgan fingerprint density at radius 1 is 0.909 bits per heavy atom. The number of nitrogen functional groups attached to an aromatic ring is 2. The van der Waals surface area contributed by atoms with Gasteiger partial charge in [0, 0.05) is 17.8 Å². The zero-order valence-electron chi connectivity index (χ0n) is 12.1. The lowest BCUT2D eigenvalue weighted by atomic mass is 10.1. The summed E-state index contributed by atoms with van der Waals surface area (Å²) in [6, 6.07) is 3.70. The number of aromatic nitrogens is 4. The highest BCUT2D eigenvalue weighted by atomic mass is 16.5. The Labute approximate surface area is 126 Å². The summed E-state index contributed by atoms with van der Waals surface area (Å²) >= 11 is 0. The molecule has 112 valence electrons. The van der Waals surface area contributed by atoms with E-state index in [1.54, 1.807) is 19.5 Å². The van der Waals surface area contributed by atoms with Crippen LogP contribution in [-0.2, 0) is 0 Å². The molecule has 22 heavy (non-hydrogen) atoms. The third-order valence-corrected chi connectivity index (χ3v) is 3.16. The molecule has 0 bridgehead atoms. The number of nitrogens with zero attached hydrogens (tertiary/aromatic N) is 4. The van der Waals surface area contributed by atoms with Crippen molar-refractivity contribution in [2.75, 3.05) is 25.7 Å². The number of rotatable bonds is 3. The molecule has 0 aliphatic heterocycles. The Balaban J connectivity index is 2.26. The molecule has 0 aliphatic rings. The molecular formula is C14H14N6O2. The minimum absolute atomic E-state index is 0.143. The minimum atomic E-state index is 0.143. The van der Waals surface area contributed by atoms with Gasteiger partial charge in [-0.2, -0.15) is 4.98 Å². The molecule has 3 aromatic rings. The smallest absolute Gasteiger partial charge is 0.225 e. The van der Waals surface area contributed by atoms with Gasteiger partial charge in [-0.15, -0.1) is 0 Å². The minimum Gasteiger partial charge on any atom is -0.494 e. The van der Waals surface area contributed by atoms with Gasteiger partial charge in [-0.3, -0.25) is 0 Å². The fourth-order valence-corrected chi connectivity index (χ4v) is 2.17. The third-order valence-electron chi connectivity index (χ3n) is 3.16. The maximum Gasteiger partial charge on any atom is 0.225 e. The maximum absolute atomic E-state index is 5.63. The number of hydrogen-bond acceptors (Lipinski definition) is 8. The van der Waals surface area contributed by atoms with Crippen molar-refractivity contribution < 1.29 is 9.47 Å². The Morgan fingerprint density at radius 3 is 2.36 bits per heavy atom. The molecule has 2 aromatic heterocycles. The zero-order chi connectivity index (χ0) is 15.7. The van der Waals surface area contributed by atoms with Crippen molar-refractivity contribution in [2.45, 2.75) is 0 Å². The van der Waals surface area contributed by atoms with Crippen LogP contribution in [-0.4, -0.2) is 34.2 Å². The number of fused-ring (bicyclic) bond motifs is 1. The summed E-state index contributed by atoms with van der Waals surface area (Å²) in [6.45, 7) is 0. The molecule has 2 heterocycles. The van der Waals surface area contributed by atoms with E-state index in [1.165, 1.54) is 7.11 Å². The Hall–Kier alpha value is -3.16. The first-order valence-corrected chi connectivity index (χ1v) is 6.39. The van der Waals surface area contributed by atoms with Crippen molar-refractivity contribution in [1.82, 2.24) is 19.9 Å². The number of nitrogens with two attached hydrogens (primary N) is 2. The molecule has 0 unspecified atom stereocenters. The van der Waals surface area contributed by atoms with E-state index in [1.807, 2.05) is 12.1 Å². The molecule has 0 fully saturated rings. The molecule has 0 spiro atoms. The molecule has 0 aliphatic carbocycles. The van der Waals surface area contributed by atoms with E-state index in [0.717, 1.165) is 10.9 Å².